The predicted octanol–water partition coefficient (Wildman–Crippen LogP) is 4.05. The average molecular weight is 387 g/mol. The maximum atomic E-state index is 12.9. The van der Waals surface area contributed by atoms with Gasteiger partial charge in [-0.2, -0.15) is 0 Å². The van der Waals surface area contributed by atoms with Gasteiger partial charge in [0, 0.05) is 17.8 Å². The van der Waals surface area contributed by atoms with Gasteiger partial charge in [0.15, 0.2) is 0 Å². The van der Waals surface area contributed by atoms with E-state index in [9.17, 15) is 13.2 Å². The number of nitrogens with one attached hydrogen (secondary N) is 1. The first-order chi connectivity index (χ1) is 12.8. The first-order valence-corrected chi connectivity index (χ1v) is 11.0. The highest BCUT2D eigenvalue weighted by molar-refractivity contribution is 7.92. The summed E-state index contributed by atoms with van der Waals surface area (Å²) in [7, 11) is -3.32. The van der Waals surface area contributed by atoms with Crippen molar-refractivity contribution in [3.8, 4) is 0 Å². The molecule has 0 aromatic heterocycles. The molecule has 2 aromatic carbocycles. The Morgan fingerprint density at radius 2 is 1.89 bits per heavy atom. The normalized spacial score (nSPS) is 16.2. The lowest BCUT2D eigenvalue weighted by Gasteiger charge is -2.29. The minimum atomic E-state index is -3.32. The number of para-hydroxylation sites is 1. The number of benzene rings is 2. The Morgan fingerprint density at radius 3 is 2.59 bits per heavy atom. The van der Waals surface area contributed by atoms with Gasteiger partial charge in [-0.1, -0.05) is 31.2 Å². The van der Waals surface area contributed by atoms with E-state index < -0.39 is 10.0 Å². The zero-order chi connectivity index (χ0) is 19.6. The lowest BCUT2D eigenvalue weighted by atomic mass is 10.0. The van der Waals surface area contributed by atoms with Gasteiger partial charge >= 0.3 is 0 Å². The topological polar surface area (TPSA) is 66.5 Å². The highest BCUT2D eigenvalue weighted by Gasteiger charge is 2.27. The molecule has 2 aromatic rings. The number of hydrogen-bond acceptors (Lipinski definition) is 3. The van der Waals surface area contributed by atoms with Crippen LogP contribution in [0.15, 0.2) is 36.4 Å². The molecule has 0 bridgehead atoms. The highest BCUT2D eigenvalue weighted by Crippen LogP contribution is 2.29. The van der Waals surface area contributed by atoms with Crippen LogP contribution < -0.4 is 9.62 Å². The van der Waals surface area contributed by atoms with Crippen LogP contribution >= 0.6 is 0 Å². The van der Waals surface area contributed by atoms with E-state index in [0.29, 0.717) is 24.2 Å². The molecule has 5 nitrogen and oxygen atoms in total. The number of carbonyl (C=O) groups is 1. The summed E-state index contributed by atoms with van der Waals surface area (Å²) >= 11 is 0. The Labute approximate surface area is 161 Å². The molecule has 144 valence electrons. The van der Waals surface area contributed by atoms with Crippen molar-refractivity contribution in [1.82, 2.24) is 0 Å². The predicted molar refractivity (Wildman–Crippen MR) is 110 cm³/mol. The molecule has 1 N–H and O–H groups in total. The largest absolute Gasteiger partial charge is 0.321 e. The van der Waals surface area contributed by atoms with Gasteiger partial charge in [0.05, 0.1) is 11.4 Å². The quantitative estimate of drug-likeness (QED) is 0.862. The summed E-state index contributed by atoms with van der Waals surface area (Å²) in [5.41, 5.74) is 4.83. The van der Waals surface area contributed by atoms with Crippen molar-refractivity contribution in [3.05, 3.63) is 58.7 Å². The Balaban J connectivity index is 1.93. The van der Waals surface area contributed by atoms with E-state index in [4.69, 9.17) is 0 Å². The molecule has 0 saturated carbocycles. The van der Waals surface area contributed by atoms with Gasteiger partial charge in [0.2, 0.25) is 10.0 Å². The zero-order valence-electron chi connectivity index (χ0n) is 16.1. The summed E-state index contributed by atoms with van der Waals surface area (Å²) < 4.78 is 26.4. The van der Waals surface area contributed by atoms with Crippen molar-refractivity contribution < 1.29 is 13.2 Å². The van der Waals surface area contributed by atoms with E-state index >= 15 is 0 Å². The van der Waals surface area contributed by atoms with Gasteiger partial charge in [0.25, 0.3) is 5.91 Å². The van der Waals surface area contributed by atoms with Gasteiger partial charge in [-0.3, -0.25) is 9.10 Å². The molecule has 1 saturated heterocycles. The molecule has 3 rings (SSSR count). The van der Waals surface area contributed by atoms with Crippen molar-refractivity contribution in [1.29, 1.82) is 0 Å². The molecule has 0 radical (unpaired) electrons. The summed E-state index contributed by atoms with van der Waals surface area (Å²) in [6.07, 6.45) is 2.34. The van der Waals surface area contributed by atoms with Crippen LogP contribution in [0, 0.1) is 13.8 Å². The Hall–Kier alpha value is -2.34. The van der Waals surface area contributed by atoms with Crippen molar-refractivity contribution in [2.45, 2.75) is 40.0 Å². The lowest BCUT2D eigenvalue weighted by molar-refractivity contribution is 0.102. The summed E-state index contributed by atoms with van der Waals surface area (Å²) in [5, 5.41) is 3.01. The molecule has 0 aliphatic carbocycles. The second kappa shape index (κ2) is 7.72. The van der Waals surface area contributed by atoms with Gasteiger partial charge in [-0.25, -0.2) is 8.42 Å². The third-order valence-corrected chi connectivity index (χ3v) is 6.92. The molecule has 0 unspecified atom stereocenters. The monoisotopic (exact) mass is 386 g/mol. The summed E-state index contributed by atoms with van der Waals surface area (Å²) in [5.74, 6) is -0.0685. The maximum absolute atomic E-state index is 12.9. The molecular weight excluding hydrogens is 360 g/mol. The van der Waals surface area contributed by atoms with Crippen molar-refractivity contribution in [2.75, 3.05) is 21.9 Å². The van der Waals surface area contributed by atoms with E-state index in [2.05, 4.69) is 12.2 Å². The molecule has 6 heteroatoms. The van der Waals surface area contributed by atoms with Crippen molar-refractivity contribution in [2.24, 2.45) is 0 Å². The number of rotatable bonds is 4. The molecule has 1 fully saturated rings. The lowest BCUT2D eigenvalue weighted by Crippen LogP contribution is -2.38. The molecule has 0 spiro atoms. The number of anilines is 2. The number of aryl methyl sites for hydroxylation is 3. The van der Waals surface area contributed by atoms with Gasteiger partial charge in [0.1, 0.15) is 0 Å². The van der Waals surface area contributed by atoms with E-state index in [-0.39, 0.29) is 11.7 Å². The van der Waals surface area contributed by atoms with Gasteiger partial charge in [-0.05, 0) is 61.9 Å². The number of carbonyl (C=O) groups excluding carboxylic acids is 1. The van der Waals surface area contributed by atoms with Crippen LogP contribution in [0.4, 0.5) is 11.4 Å². The van der Waals surface area contributed by atoms with Gasteiger partial charge in [-0.15, -0.1) is 0 Å². The smallest absolute Gasteiger partial charge is 0.255 e. The number of sulfonamides is 1. The van der Waals surface area contributed by atoms with Crippen LogP contribution in [0.25, 0.3) is 0 Å². The minimum absolute atomic E-state index is 0.159. The molecule has 1 heterocycles. The third-order valence-electron chi connectivity index (χ3n) is 5.07. The summed E-state index contributed by atoms with van der Waals surface area (Å²) in [6.45, 7) is 6.36. The molecule has 1 aliphatic heterocycles. The minimum Gasteiger partial charge on any atom is -0.321 e. The number of nitrogens with zero attached hydrogens (tertiary/aromatic N) is 1. The van der Waals surface area contributed by atoms with Crippen LogP contribution in [0.5, 0.6) is 0 Å². The SMILES string of the molecule is CCc1cccc(C)c1NC(=O)c1ccc(C)c(N2CCCCS2(=O)=O)c1. The van der Waals surface area contributed by atoms with Crippen molar-refractivity contribution >= 4 is 27.3 Å². The second-order valence-electron chi connectivity index (χ2n) is 7.01. The van der Waals surface area contributed by atoms with Crippen molar-refractivity contribution in [3.63, 3.8) is 0 Å². The number of hydrogen-bond donors (Lipinski definition) is 1. The first-order valence-electron chi connectivity index (χ1n) is 9.34. The standard InChI is InChI=1S/C21H26N2O3S/c1-4-17-9-7-8-16(3)20(17)22-21(24)18-11-10-15(2)19(14-18)23-12-5-6-13-27(23,25)26/h7-11,14H,4-6,12-13H2,1-3H3,(H,22,24). The van der Waals surface area contributed by atoms with Gasteiger partial charge < -0.3 is 5.32 Å². The molecule has 1 aliphatic rings. The number of amides is 1. The van der Waals surface area contributed by atoms with E-state index in [1.807, 2.05) is 38.1 Å². The molecule has 27 heavy (non-hydrogen) atoms. The Kier molecular flexibility index (Phi) is 5.56. The summed E-state index contributed by atoms with van der Waals surface area (Å²) in [4.78, 5) is 12.9. The Bertz CT molecular complexity index is 967. The van der Waals surface area contributed by atoms with Crippen LogP contribution in [-0.2, 0) is 16.4 Å². The van der Waals surface area contributed by atoms with E-state index in [1.165, 1.54) is 4.31 Å². The van der Waals surface area contributed by atoms with Crippen LogP contribution in [-0.4, -0.2) is 26.6 Å². The fraction of sp³-hybridized carbons (Fsp3) is 0.381. The molecule has 1 amide bonds. The average Bonchev–Trinajstić information content (AvgIpc) is 2.63. The maximum Gasteiger partial charge on any atom is 0.255 e. The fourth-order valence-corrected chi connectivity index (χ4v) is 5.16. The third kappa shape index (κ3) is 4.00. The first kappa shape index (κ1) is 19.4. The zero-order valence-corrected chi connectivity index (χ0v) is 16.9. The van der Waals surface area contributed by atoms with Crippen LogP contribution in [0.2, 0.25) is 0 Å². The summed E-state index contributed by atoms with van der Waals surface area (Å²) in [6, 6.07) is 11.2. The van der Waals surface area contributed by atoms with Crippen LogP contribution in [0.3, 0.4) is 0 Å². The molecular formula is C21H26N2O3S. The van der Waals surface area contributed by atoms with E-state index in [0.717, 1.165) is 35.2 Å². The fourth-order valence-electron chi connectivity index (χ4n) is 3.47. The van der Waals surface area contributed by atoms with Crippen LogP contribution in [0.1, 0.15) is 46.8 Å². The highest BCUT2D eigenvalue weighted by atomic mass is 32.2. The van der Waals surface area contributed by atoms with E-state index in [1.54, 1.807) is 12.1 Å². The Morgan fingerprint density at radius 1 is 1.11 bits per heavy atom. The second-order valence-corrected chi connectivity index (χ2v) is 9.03. The molecule has 0 atom stereocenters.